The lowest BCUT2D eigenvalue weighted by Crippen LogP contribution is -2.22. The van der Waals surface area contributed by atoms with Crippen molar-refractivity contribution in [2.75, 3.05) is 11.9 Å². The van der Waals surface area contributed by atoms with Gasteiger partial charge in [-0.1, -0.05) is 6.42 Å². The maximum Gasteiger partial charge on any atom is 0.254 e. The van der Waals surface area contributed by atoms with E-state index in [0.717, 1.165) is 12.5 Å². The van der Waals surface area contributed by atoms with Crippen LogP contribution in [0.5, 0.6) is 0 Å². The van der Waals surface area contributed by atoms with Crippen molar-refractivity contribution in [3.05, 3.63) is 11.8 Å². The Kier molecular flexibility index (Phi) is 2.62. The lowest BCUT2D eigenvalue weighted by molar-refractivity contribution is 0.100. The second kappa shape index (κ2) is 3.92. The van der Waals surface area contributed by atoms with E-state index in [2.05, 4.69) is 10.4 Å². The van der Waals surface area contributed by atoms with Crippen LogP contribution in [-0.2, 0) is 7.05 Å². The highest BCUT2D eigenvalue weighted by Crippen LogP contribution is 2.26. The van der Waals surface area contributed by atoms with Gasteiger partial charge in [-0.05, 0) is 18.8 Å². The molecule has 1 aliphatic rings. The lowest BCUT2D eigenvalue weighted by Gasteiger charge is -2.25. The van der Waals surface area contributed by atoms with Crippen LogP contribution in [0.3, 0.4) is 0 Å². The molecule has 5 heteroatoms. The summed E-state index contributed by atoms with van der Waals surface area (Å²) < 4.78 is 1.60. The fourth-order valence-corrected chi connectivity index (χ4v) is 1.74. The van der Waals surface area contributed by atoms with Gasteiger partial charge >= 0.3 is 0 Å². The molecule has 15 heavy (non-hydrogen) atoms. The van der Waals surface area contributed by atoms with Crippen molar-refractivity contribution in [3.8, 4) is 0 Å². The number of carbonyl (C=O) groups is 1. The van der Waals surface area contributed by atoms with E-state index < -0.39 is 5.91 Å². The molecule has 1 amide bonds. The molecular weight excluding hydrogens is 192 g/mol. The Balaban J connectivity index is 2.02. The molecule has 0 saturated heterocycles. The molecule has 0 atom stereocenters. The van der Waals surface area contributed by atoms with E-state index in [1.807, 2.05) is 0 Å². The monoisotopic (exact) mass is 208 g/mol. The van der Waals surface area contributed by atoms with Crippen molar-refractivity contribution in [1.82, 2.24) is 9.78 Å². The quantitative estimate of drug-likeness (QED) is 0.766. The number of nitrogens with two attached hydrogens (primary N) is 1. The Bertz CT molecular complexity index is 367. The predicted molar refractivity (Wildman–Crippen MR) is 57.6 cm³/mol. The number of amides is 1. The van der Waals surface area contributed by atoms with Gasteiger partial charge in [-0.15, -0.1) is 0 Å². The van der Waals surface area contributed by atoms with Gasteiger partial charge in [0.05, 0.1) is 0 Å². The van der Waals surface area contributed by atoms with Gasteiger partial charge in [0.1, 0.15) is 5.56 Å². The molecule has 1 aromatic heterocycles. The van der Waals surface area contributed by atoms with E-state index in [9.17, 15) is 4.79 Å². The summed E-state index contributed by atoms with van der Waals surface area (Å²) >= 11 is 0. The van der Waals surface area contributed by atoms with Crippen LogP contribution in [0.4, 0.5) is 5.82 Å². The predicted octanol–water partition coefficient (Wildman–Crippen LogP) is 0.731. The molecule has 0 bridgehead atoms. The van der Waals surface area contributed by atoms with Gasteiger partial charge in [-0.3, -0.25) is 9.48 Å². The summed E-state index contributed by atoms with van der Waals surface area (Å²) in [5.41, 5.74) is 5.72. The second-order valence-corrected chi connectivity index (χ2v) is 4.11. The molecule has 82 valence electrons. The first-order valence-corrected chi connectivity index (χ1v) is 5.24. The third kappa shape index (κ3) is 2.11. The van der Waals surface area contributed by atoms with Crippen LogP contribution in [0, 0.1) is 5.92 Å². The smallest absolute Gasteiger partial charge is 0.254 e. The number of nitrogens with one attached hydrogen (secondary N) is 1. The normalized spacial score (nSPS) is 16.1. The van der Waals surface area contributed by atoms with Crippen LogP contribution in [0.25, 0.3) is 0 Å². The number of hydrogen-bond donors (Lipinski definition) is 2. The van der Waals surface area contributed by atoms with Crippen LogP contribution in [-0.4, -0.2) is 22.2 Å². The van der Waals surface area contributed by atoms with E-state index in [-0.39, 0.29) is 0 Å². The molecule has 0 aliphatic heterocycles. The first kappa shape index (κ1) is 10.0. The fraction of sp³-hybridized carbons (Fsp3) is 0.600. The highest BCUT2D eigenvalue weighted by atomic mass is 16.1. The topological polar surface area (TPSA) is 72.9 Å². The summed E-state index contributed by atoms with van der Waals surface area (Å²) in [5.74, 6) is 0.906. The Labute approximate surface area is 88.6 Å². The van der Waals surface area contributed by atoms with Crippen LogP contribution in [0.2, 0.25) is 0 Å². The van der Waals surface area contributed by atoms with Crippen molar-refractivity contribution in [1.29, 1.82) is 0 Å². The zero-order valence-electron chi connectivity index (χ0n) is 8.86. The van der Waals surface area contributed by atoms with Gasteiger partial charge in [-0.25, -0.2) is 0 Å². The van der Waals surface area contributed by atoms with E-state index in [0.29, 0.717) is 11.4 Å². The summed E-state index contributed by atoms with van der Waals surface area (Å²) in [6, 6.07) is 0. The van der Waals surface area contributed by atoms with Crippen molar-refractivity contribution in [2.24, 2.45) is 18.7 Å². The number of nitrogens with zero attached hydrogens (tertiary/aromatic N) is 2. The number of carbonyl (C=O) groups excluding carboxylic acids is 1. The minimum absolute atomic E-state index is 0.431. The Morgan fingerprint density at radius 1 is 1.73 bits per heavy atom. The molecule has 5 nitrogen and oxygen atoms in total. The van der Waals surface area contributed by atoms with Gasteiger partial charge in [0, 0.05) is 19.8 Å². The molecule has 1 saturated carbocycles. The molecule has 0 radical (unpaired) electrons. The van der Waals surface area contributed by atoms with Gasteiger partial charge in [0.15, 0.2) is 5.82 Å². The van der Waals surface area contributed by atoms with E-state index in [1.165, 1.54) is 19.3 Å². The van der Waals surface area contributed by atoms with Crippen molar-refractivity contribution in [2.45, 2.75) is 19.3 Å². The van der Waals surface area contributed by atoms with Crippen molar-refractivity contribution >= 4 is 11.7 Å². The zero-order valence-corrected chi connectivity index (χ0v) is 8.86. The summed E-state index contributed by atoms with van der Waals surface area (Å²) in [6.07, 6.45) is 5.50. The standard InChI is InChI=1S/C10H16N4O/c1-14-6-8(9(11)15)10(13-14)12-5-7-3-2-4-7/h6-7H,2-5H2,1H3,(H2,11,15)(H,12,13). The summed E-state index contributed by atoms with van der Waals surface area (Å²) in [7, 11) is 1.78. The Morgan fingerprint density at radius 3 is 3.00 bits per heavy atom. The Hall–Kier alpha value is -1.52. The highest BCUT2D eigenvalue weighted by Gasteiger charge is 2.19. The molecule has 1 aliphatic carbocycles. The molecule has 3 N–H and O–H groups in total. The molecule has 1 heterocycles. The molecule has 2 rings (SSSR count). The average molecular weight is 208 g/mol. The molecule has 0 unspecified atom stereocenters. The molecule has 1 fully saturated rings. The molecular formula is C10H16N4O. The first-order chi connectivity index (χ1) is 7.16. The van der Waals surface area contributed by atoms with Crippen LogP contribution in [0.1, 0.15) is 29.6 Å². The van der Waals surface area contributed by atoms with E-state index in [4.69, 9.17) is 5.73 Å². The van der Waals surface area contributed by atoms with Gasteiger partial charge < -0.3 is 11.1 Å². The van der Waals surface area contributed by atoms with Gasteiger partial charge in [0.2, 0.25) is 0 Å². The van der Waals surface area contributed by atoms with Crippen LogP contribution < -0.4 is 11.1 Å². The van der Waals surface area contributed by atoms with Crippen LogP contribution >= 0.6 is 0 Å². The number of rotatable bonds is 4. The highest BCUT2D eigenvalue weighted by molar-refractivity contribution is 5.97. The number of aromatic nitrogens is 2. The van der Waals surface area contributed by atoms with Gasteiger partial charge in [-0.2, -0.15) is 5.10 Å². The maximum atomic E-state index is 11.1. The minimum Gasteiger partial charge on any atom is -0.368 e. The third-order valence-electron chi connectivity index (χ3n) is 2.88. The summed E-state index contributed by atoms with van der Waals surface area (Å²) in [4.78, 5) is 11.1. The molecule has 0 aromatic carbocycles. The third-order valence-corrected chi connectivity index (χ3v) is 2.88. The number of primary amides is 1. The average Bonchev–Trinajstić information content (AvgIpc) is 2.44. The molecule has 1 aromatic rings. The summed E-state index contributed by atoms with van der Waals surface area (Å²) in [5, 5.41) is 7.35. The van der Waals surface area contributed by atoms with Crippen LogP contribution in [0.15, 0.2) is 6.20 Å². The number of anilines is 1. The van der Waals surface area contributed by atoms with E-state index >= 15 is 0 Å². The van der Waals surface area contributed by atoms with Crippen molar-refractivity contribution in [3.63, 3.8) is 0 Å². The number of aryl methyl sites for hydroxylation is 1. The zero-order chi connectivity index (χ0) is 10.8. The van der Waals surface area contributed by atoms with E-state index in [1.54, 1.807) is 17.9 Å². The largest absolute Gasteiger partial charge is 0.368 e. The second-order valence-electron chi connectivity index (χ2n) is 4.11. The summed E-state index contributed by atoms with van der Waals surface area (Å²) in [6.45, 7) is 0.886. The SMILES string of the molecule is Cn1cc(C(N)=O)c(NCC2CCC2)n1. The molecule has 0 spiro atoms. The minimum atomic E-state index is -0.431. The first-order valence-electron chi connectivity index (χ1n) is 5.24. The van der Waals surface area contributed by atoms with Crippen molar-refractivity contribution < 1.29 is 4.79 Å². The number of hydrogen-bond acceptors (Lipinski definition) is 3. The maximum absolute atomic E-state index is 11.1. The Morgan fingerprint density at radius 2 is 2.47 bits per heavy atom. The fourth-order valence-electron chi connectivity index (χ4n) is 1.74. The lowest BCUT2D eigenvalue weighted by atomic mass is 9.85. The van der Waals surface area contributed by atoms with Gasteiger partial charge in [0.25, 0.3) is 5.91 Å².